The number of nitrogens with zero attached hydrogens (tertiary/aromatic N) is 2. The molecule has 10 heteroatoms. The number of Topliss-reactive ketones (excluding diaryl/α,β-unsaturated/α-hetero) is 1. The van der Waals surface area contributed by atoms with Crippen LogP contribution in [0.4, 0.5) is 5.13 Å². The summed E-state index contributed by atoms with van der Waals surface area (Å²) in [5.41, 5.74) is 1.81. The molecule has 8 nitrogen and oxygen atoms in total. The first-order valence-electron chi connectivity index (χ1n) is 11.6. The van der Waals surface area contributed by atoms with Gasteiger partial charge in [0.2, 0.25) is 0 Å². The molecule has 1 aromatic heterocycles. The van der Waals surface area contributed by atoms with Crippen LogP contribution in [0, 0.1) is 13.8 Å². The van der Waals surface area contributed by atoms with Crippen molar-refractivity contribution in [2.24, 2.45) is 0 Å². The van der Waals surface area contributed by atoms with Gasteiger partial charge in [-0.15, -0.1) is 0 Å². The molecule has 1 atom stereocenters. The van der Waals surface area contributed by atoms with Gasteiger partial charge in [0.05, 0.1) is 30.5 Å². The van der Waals surface area contributed by atoms with Crippen molar-refractivity contribution in [3.8, 4) is 5.75 Å². The van der Waals surface area contributed by atoms with E-state index in [-0.39, 0.29) is 27.9 Å². The predicted molar refractivity (Wildman–Crippen MR) is 141 cm³/mol. The molecular weight excluding hydrogens is 516 g/mol. The highest BCUT2D eigenvalue weighted by Gasteiger charge is 2.48. The van der Waals surface area contributed by atoms with E-state index in [1.807, 2.05) is 6.92 Å². The molecule has 1 aliphatic rings. The van der Waals surface area contributed by atoms with Gasteiger partial charge >= 0.3 is 11.9 Å². The summed E-state index contributed by atoms with van der Waals surface area (Å²) in [6.07, 6.45) is 0. The van der Waals surface area contributed by atoms with Crippen molar-refractivity contribution in [3.63, 3.8) is 0 Å². The van der Waals surface area contributed by atoms with Crippen LogP contribution >= 0.6 is 22.9 Å². The molecule has 0 radical (unpaired) electrons. The molecule has 192 valence electrons. The zero-order chi connectivity index (χ0) is 26.9. The Balaban J connectivity index is 1.91. The summed E-state index contributed by atoms with van der Waals surface area (Å²) in [6, 6.07) is 10.7. The molecule has 1 N–H and O–H groups in total. The number of thiazole rings is 1. The number of carbonyl (C=O) groups is 3. The molecule has 0 aliphatic carbocycles. The zero-order valence-electron chi connectivity index (χ0n) is 20.7. The molecule has 2 aromatic carbocycles. The van der Waals surface area contributed by atoms with Crippen LogP contribution in [-0.2, 0) is 14.3 Å². The summed E-state index contributed by atoms with van der Waals surface area (Å²) in [4.78, 5) is 45.0. The highest BCUT2D eigenvalue weighted by atomic mass is 35.5. The Bertz CT molecular complexity index is 1430. The fourth-order valence-corrected chi connectivity index (χ4v) is 5.38. The lowest BCUT2D eigenvalue weighted by atomic mass is 9.94. The van der Waals surface area contributed by atoms with Crippen molar-refractivity contribution in [2.45, 2.75) is 33.7 Å². The lowest BCUT2D eigenvalue weighted by molar-refractivity contribution is -0.132. The Kier molecular flexibility index (Phi) is 7.65. The Morgan fingerprint density at radius 3 is 2.54 bits per heavy atom. The van der Waals surface area contributed by atoms with E-state index in [1.165, 1.54) is 4.90 Å². The summed E-state index contributed by atoms with van der Waals surface area (Å²) >= 11 is 7.20. The third-order valence-electron chi connectivity index (χ3n) is 5.83. The van der Waals surface area contributed by atoms with Gasteiger partial charge in [0.25, 0.3) is 5.78 Å². The van der Waals surface area contributed by atoms with Gasteiger partial charge in [0.15, 0.2) is 5.13 Å². The van der Waals surface area contributed by atoms with Crippen molar-refractivity contribution >= 4 is 51.5 Å². The van der Waals surface area contributed by atoms with Gasteiger partial charge in [-0.25, -0.2) is 9.78 Å². The highest BCUT2D eigenvalue weighted by molar-refractivity contribution is 7.17. The van der Waals surface area contributed by atoms with Crippen LogP contribution in [0.25, 0.3) is 5.76 Å². The fraction of sp³-hybridized carbons (Fsp3) is 0.259. The van der Waals surface area contributed by atoms with Crippen molar-refractivity contribution < 1.29 is 29.0 Å². The molecule has 1 unspecified atom stereocenters. The number of hydrogen-bond donors (Lipinski definition) is 1. The highest BCUT2D eigenvalue weighted by Crippen LogP contribution is 2.44. The van der Waals surface area contributed by atoms with Crippen LogP contribution in [0.2, 0.25) is 5.02 Å². The third kappa shape index (κ3) is 4.97. The van der Waals surface area contributed by atoms with Gasteiger partial charge < -0.3 is 14.6 Å². The molecule has 0 bridgehead atoms. The van der Waals surface area contributed by atoms with Crippen LogP contribution in [0.3, 0.4) is 0 Å². The minimum atomic E-state index is -1.02. The summed E-state index contributed by atoms with van der Waals surface area (Å²) in [7, 11) is 0. The maximum atomic E-state index is 13.4. The average molecular weight is 541 g/mol. The molecule has 3 aromatic rings. The van der Waals surface area contributed by atoms with Crippen molar-refractivity contribution in [1.82, 2.24) is 4.98 Å². The second-order valence-electron chi connectivity index (χ2n) is 8.27. The Hall–Kier alpha value is -3.69. The van der Waals surface area contributed by atoms with Crippen molar-refractivity contribution in [2.75, 3.05) is 18.1 Å². The number of amides is 1. The van der Waals surface area contributed by atoms with E-state index in [0.717, 1.165) is 11.3 Å². The van der Waals surface area contributed by atoms with E-state index >= 15 is 0 Å². The Morgan fingerprint density at radius 2 is 1.89 bits per heavy atom. The van der Waals surface area contributed by atoms with Crippen LogP contribution in [0.1, 0.15) is 51.9 Å². The molecule has 1 fully saturated rings. The molecule has 1 amide bonds. The maximum Gasteiger partial charge on any atom is 0.350 e. The predicted octanol–water partition coefficient (Wildman–Crippen LogP) is 5.62. The summed E-state index contributed by atoms with van der Waals surface area (Å²) in [5, 5.41) is 11.9. The number of halogens is 1. The molecular formula is C27H25ClN2O6S. The van der Waals surface area contributed by atoms with Crippen LogP contribution in [0.5, 0.6) is 5.75 Å². The molecule has 4 rings (SSSR count). The Morgan fingerprint density at radius 1 is 1.14 bits per heavy atom. The normalized spacial score (nSPS) is 16.8. The number of aliphatic hydroxyl groups excluding tert-OH is 1. The molecule has 0 saturated carbocycles. The molecule has 1 aliphatic heterocycles. The van der Waals surface area contributed by atoms with E-state index in [1.54, 1.807) is 63.2 Å². The average Bonchev–Trinajstić information content (AvgIpc) is 3.36. The fourth-order valence-electron chi connectivity index (χ4n) is 4.20. The van der Waals surface area contributed by atoms with Crippen LogP contribution < -0.4 is 9.64 Å². The second kappa shape index (κ2) is 10.7. The summed E-state index contributed by atoms with van der Waals surface area (Å²) < 4.78 is 10.6. The number of aryl methyl sites for hydroxylation is 2. The topological polar surface area (TPSA) is 106 Å². The monoisotopic (exact) mass is 540 g/mol. The first kappa shape index (κ1) is 26.4. The number of carbonyl (C=O) groups excluding carboxylic acids is 3. The minimum Gasteiger partial charge on any atom is -0.507 e. The zero-order valence-corrected chi connectivity index (χ0v) is 22.3. The van der Waals surface area contributed by atoms with Crippen LogP contribution in [-0.4, -0.2) is 41.0 Å². The SMILES string of the molecule is CCOC(=O)c1sc(N2C(=O)C(=O)C(=C(O)c3ccc(OCC)cc3C)C2c2cccc(Cl)c2)nc1C. The summed E-state index contributed by atoms with van der Waals surface area (Å²) in [6.45, 7) is 7.61. The second-order valence-corrected chi connectivity index (χ2v) is 9.68. The first-order valence-corrected chi connectivity index (χ1v) is 12.8. The summed E-state index contributed by atoms with van der Waals surface area (Å²) in [5.74, 6) is -2.02. The maximum absolute atomic E-state index is 13.4. The number of aromatic nitrogens is 1. The standard InChI is InChI=1S/C27H25ClN2O6S/c1-5-35-18-10-11-19(14(3)12-18)22(31)20-21(16-8-7-9-17(28)13-16)30(25(33)23(20)32)27-29-15(4)24(37-27)26(34)36-6-2/h7-13,21,31H,5-6H2,1-4H3. The van der Waals surface area contributed by atoms with E-state index in [9.17, 15) is 19.5 Å². The van der Waals surface area contributed by atoms with Crippen LogP contribution in [0.15, 0.2) is 48.0 Å². The molecule has 37 heavy (non-hydrogen) atoms. The third-order valence-corrected chi connectivity index (χ3v) is 7.20. The van der Waals surface area contributed by atoms with Gasteiger partial charge in [-0.3, -0.25) is 14.5 Å². The molecule has 1 saturated heterocycles. The van der Waals surface area contributed by atoms with Gasteiger partial charge in [0.1, 0.15) is 16.4 Å². The number of ether oxygens (including phenoxy) is 2. The number of rotatable bonds is 7. The largest absolute Gasteiger partial charge is 0.507 e. The quantitative estimate of drug-likeness (QED) is 0.179. The van der Waals surface area contributed by atoms with Gasteiger partial charge in [0, 0.05) is 10.6 Å². The van der Waals surface area contributed by atoms with Gasteiger partial charge in [-0.1, -0.05) is 35.1 Å². The number of ketones is 1. The smallest absolute Gasteiger partial charge is 0.350 e. The van der Waals surface area contributed by atoms with Gasteiger partial charge in [-0.05, 0) is 69.2 Å². The first-order chi connectivity index (χ1) is 17.7. The van der Waals surface area contributed by atoms with E-state index in [0.29, 0.717) is 39.8 Å². The molecule has 2 heterocycles. The van der Waals surface area contributed by atoms with Gasteiger partial charge in [-0.2, -0.15) is 0 Å². The van der Waals surface area contributed by atoms with E-state index < -0.39 is 23.7 Å². The number of esters is 1. The lowest BCUT2D eigenvalue weighted by Gasteiger charge is -2.23. The van der Waals surface area contributed by atoms with E-state index in [4.69, 9.17) is 21.1 Å². The number of hydrogen-bond acceptors (Lipinski definition) is 8. The minimum absolute atomic E-state index is 0.106. The van der Waals surface area contributed by atoms with Crippen molar-refractivity contribution in [3.05, 3.63) is 80.3 Å². The molecule has 0 spiro atoms. The van der Waals surface area contributed by atoms with E-state index in [2.05, 4.69) is 4.98 Å². The number of aliphatic hydroxyl groups is 1. The number of anilines is 1. The Labute approximate surface area is 223 Å². The lowest BCUT2D eigenvalue weighted by Crippen LogP contribution is -2.29. The van der Waals surface area contributed by atoms with Crippen molar-refractivity contribution in [1.29, 1.82) is 0 Å². The number of benzene rings is 2.